The average molecular weight is 316 g/mol. The zero-order valence-electron chi connectivity index (χ0n) is 12.1. The fraction of sp³-hybridized carbons (Fsp3) is 0.462. The summed E-state index contributed by atoms with van der Waals surface area (Å²) in [6, 6.07) is 4.00. The highest BCUT2D eigenvalue weighted by atomic mass is 32.2. The van der Waals surface area contributed by atoms with Crippen molar-refractivity contribution in [3.8, 4) is 0 Å². The van der Waals surface area contributed by atoms with Crippen LogP contribution in [0.4, 0.5) is 5.69 Å². The lowest BCUT2D eigenvalue weighted by atomic mass is 10.1. The number of benzene rings is 1. The van der Waals surface area contributed by atoms with Crippen LogP contribution in [0.25, 0.3) is 0 Å². The van der Waals surface area contributed by atoms with Crippen molar-refractivity contribution in [2.75, 3.05) is 45.4 Å². The number of nitrogens with zero attached hydrogens (tertiary/aromatic N) is 1. The number of carbonyl (C=O) groups excluding carboxylic acids is 1. The quantitative estimate of drug-likeness (QED) is 0.671. The summed E-state index contributed by atoms with van der Waals surface area (Å²) in [6.07, 6.45) is 1.05. The van der Waals surface area contributed by atoms with Crippen LogP contribution in [0.1, 0.15) is 10.4 Å². The van der Waals surface area contributed by atoms with Crippen molar-refractivity contribution in [1.29, 1.82) is 0 Å². The van der Waals surface area contributed by atoms with Crippen LogP contribution in [0.3, 0.4) is 0 Å². The zero-order chi connectivity index (χ0) is 16.0. The summed E-state index contributed by atoms with van der Waals surface area (Å²) >= 11 is 0. The number of rotatable bonds is 7. The molecule has 0 heterocycles. The second kappa shape index (κ2) is 7.39. The Hall–Kier alpha value is -1.64. The fourth-order valence-electron chi connectivity index (χ4n) is 1.78. The van der Waals surface area contributed by atoms with Gasteiger partial charge in [0.05, 0.1) is 18.1 Å². The van der Waals surface area contributed by atoms with Crippen LogP contribution in [0, 0.1) is 0 Å². The smallest absolute Gasteiger partial charge is 0.254 e. The molecule has 0 radical (unpaired) electrons. The maximum atomic E-state index is 12.4. The van der Waals surface area contributed by atoms with Crippen LogP contribution >= 0.6 is 0 Å². The molecule has 1 rings (SSSR count). The largest absolute Gasteiger partial charge is 0.399 e. The standard InChI is InChI=1S/C13H20N2O5S/c1-20-6-4-15(3-5-16)13(17)10-7-11(14)9-12(8-10)21(2,18)19/h7-9,16H,3-6,14H2,1-2H3. The van der Waals surface area contributed by atoms with E-state index in [2.05, 4.69) is 0 Å². The first-order chi connectivity index (χ1) is 9.79. The molecule has 0 saturated heterocycles. The molecule has 1 amide bonds. The molecular formula is C13H20N2O5S. The molecule has 0 aliphatic heterocycles. The first-order valence-electron chi connectivity index (χ1n) is 6.29. The Morgan fingerprint density at radius 3 is 2.52 bits per heavy atom. The van der Waals surface area contributed by atoms with Gasteiger partial charge in [-0.2, -0.15) is 0 Å². The number of methoxy groups -OCH3 is 1. The molecule has 0 saturated carbocycles. The molecule has 1 aromatic carbocycles. The molecule has 0 aliphatic rings. The van der Waals surface area contributed by atoms with E-state index in [1.807, 2.05) is 0 Å². The number of aliphatic hydroxyl groups excluding tert-OH is 1. The molecule has 118 valence electrons. The minimum Gasteiger partial charge on any atom is -0.399 e. The van der Waals surface area contributed by atoms with Gasteiger partial charge in [0, 0.05) is 37.7 Å². The second-order valence-corrected chi connectivity index (χ2v) is 6.59. The van der Waals surface area contributed by atoms with Crippen LogP contribution in [0.5, 0.6) is 0 Å². The van der Waals surface area contributed by atoms with Gasteiger partial charge in [-0.15, -0.1) is 0 Å². The number of aliphatic hydroxyl groups is 1. The van der Waals surface area contributed by atoms with Crippen molar-refractivity contribution < 1.29 is 23.1 Å². The fourth-order valence-corrected chi connectivity index (χ4v) is 2.47. The summed E-state index contributed by atoms with van der Waals surface area (Å²) in [6.45, 7) is 0.536. The molecule has 0 fully saturated rings. The first kappa shape index (κ1) is 17.4. The van der Waals surface area contributed by atoms with E-state index in [4.69, 9.17) is 15.6 Å². The number of carbonyl (C=O) groups is 1. The van der Waals surface area contributed by atoms with E-state index in [1.54, 1.807) is 0 Å². The Kier molecular flexibility index (Phi) is 6.13. The predicted octanol–water partition coefficient (Wildman–Crippen LogP) is -0.247. The highest BCUT2D eigenvalue weighted by Gasteiger charge is 2.18. The normalized spacial score (nSPS) is 11.4. The molecule has 8 heteroatoms. The summed E-state index contributed by atoms with van der Waals surface area (Å²) in [7, 11) is -1.96. The van der Waals surface area contributed by atoms with Crippen LogP contribution in [-0.2, 0) is 14.6 Å². The number of hydrogen-bond acceptors (Lipinski definition) is 6. The second-order valence-electron chi connectivity index (χ2n) is 4.57. The van der Waals surface area contributed by atoms with Gasteiger partial charge in [-0.3, -0.25) is 4.79 Å². The third-order valence-electron chi connectivity index (χ3n) is 2.83. The molecule has 0 bridgehead atoms. The molecule has 21 heavy (non-hydrogen) atoms. The van der Waals surface area contributed by atoms with Crippen LogP contribution in [-0.4, -0.2) is 64.0 Å². The van der Waals surface area contributed by atoms with Gasteiger partial charge in [0.1, 0.15) is 0 Å². The monoisotopic (exact) mass is 316 g/mol. The molecule has 7 nitrogen and oxygen atoms in total. The lowest BCUT2D eigenvalue weighted by Crippen LogP contribution is -2.36. The molecule has 0 aliphatic carbocycles. The van der Waals surface area contributed by atoms with Crippen LogP contribution in [0.2, 0.25) is 0 Å². The highest BCUT2D eigenvalue weighted by Crippen LogP contribution is 2.18. The zero-order valence-corrected chi connectivity index (χ0v) is 12.9. The molecule has 1 aromatic rings. The van der Waals surface area contributed by atoms with Gasteiger partial charge in [-0.25, -0.2) is 8.42 Å². The topological polar surface area (TPSA) is 110 Å². The van der Waals surface area contributed by atoms with Gasteiger partial charge < -0.3 is 20.5 Å². The van der Waals surface area contributed by atoms with Crippen molar-refractivity contribution in [2.24, 2.45) is 0 Å². The van der Waals surface area contributed by atoms with E-state index >= 15 is 0 Å². The maximum absolute atomic E-state index is 12.4. The van der Waals surface area contributed by atoms with Crippen molar-refractivity contribution in [3.05, 3.63) is 23.8 Å². The lowest BCUT2D eigenvalue weighted by Gasteiger charge is -2.21. The molecule has 0 aromatic heterocycles. The van der Waals surface area contributed by atoms with Crippen LogP contribution < -0.4 is 5.73 Å². The van der Waals surface area contributed by atoms with Gasteiger partial charge in [0.2, 0.25) is 0 Å². The van der Waals surface area contributed by atoms with Gasteiger partial charge in [-0.1, -0.05) is 0 Å². The summed E-state index contributed by atoms with van der Waals surface area (Å²) in [5.74, 6) is -0.404. The van der Waals surface area contributed by atoms with Gasteiger partial charge in [-0.05, 0) is 18.2 Å². The van der Waals surface area contributed by atoms with Gasteiger partial charge in [0.15, 0.2) is 9.84 Å². The highest BCUT2D eigenvalue weighted by molar-refractivity contribution is 7.90. The van der Waals surface area contributed by atoms with Gasteiger partial charge >= 0.3 is 0 Å². The van der Waals surface area contributed by atoms with E-state index in [0.29, 0.717) is 13.2 Å². The molecule has 3 N–H and O–H groups in total. The number of nitrogens with two attached hydrogens (primary N) is 1. The number of sulfone groups is 1. The molecule has 0 unspecified atom stereocenters. The van der Waals surface area contributed by atoms with E-state index in [-0.39, 0.29) is 29.3 Å². The van der Waals surface area contributed by atoms with Crippen molar-refractivity contribution in [2.45, 2.75) is 4.90 Å². The molecular weight excluding hydrogens is 296 g/mol. The lowest BCUT2D eigenvalue weighted by molar-refractivity contribution is 0.0656. The van der Waals surface area contributed by atoms with E-state index in [9.17, 15) is 13.2 Å². The number of nitrogen functional groups attached to an aromatic ring is 1. The molecule has 0 spiro atoms. The van der Waals surface area contributed by atoms with Crippen molar-refractivity contribution in [1.82, 2.24) is 4.90 Å². The minimum absolute atomic E-state index is 0.0125. The summed E-state index contributed by atoms with van der Waals surface area (Å²) in [5, 5.41) is 9.01. The third-order valence-corrected chi connectivity index (χ3v) is 3.92. The predicted molar refractivity (Wildman–Crippen MR) is 78.8 cm³/mol. The van der Waals surface area contributed by atoms with E-state index in [0.717, 1.165) is 6.26 Å². The SMILES string of the molecule is COCCN(CCO)C(=O)c1cc(N)cc(S(C)(=O)=O)c1. The first-order valence-corrected chi connectivity index (χ1v) is 8.18. The van der Waals surface area contributed by atoms with Crippen molar-refractivity contribution >= 4 is 21.4 Å². The van der Waals surface area contributed by atoms with Crippen molar-refractivity contribution in [3.63, 3.8) is 0 Å². The minimum atomic E-state index is -3.46. The number of ether oxygens (including phenoxy) is 1. The van der Waals surface area contributed by atoms with E-state index in [1.165, 1.54) is 30.2 Å². The summed E-state index contributed by atoms with van der Waals surface area (Å²) < 4.78 is 28.1. The number of amides is 1. The summed E-state index contributed by atoms with van der Waals surface area (Å²) in [4.78, 5) is 13.7. The van der Waals surface area contributed by atoms with E-state index < -0.39 is 15.7 Å². The Labute approximate surface area is 124 Å². The number of anilines is 1. The Morgan fingerprint density at radius 2 is 2.00 bits per heavy atom. The third kappa shape index (κ3) is 5.00. The maximum Gasteiger partial charge on any atom is 0.254 e. The van der Waals surface area contributed by atoms with Crippen LogP contribution in [0.15, 0.2) is 23.1 Å². The Bertz CT molecular complexity index is 601. The molecule has 0 atom stereocenters. The summed E-state index contributed by atoms with van der Waals surface area (Å²) in [5.41, 5.74) is 6.02. The number of hydrogen-bond donors (Lipinski definition) is 2. The average Bonchev–Trinajstić information content (AvgIpc) is 2.41. The Balaban J connectivity index is 3.12. The Morgan fingerprint density at radius 1 is 1.33 bits per heavy atom. The van der Waals surface area contributed by atoms with Gasteiger partial charge in [0.25, 0.3) is 5.91 Å².